The van der Waals surface area contributed by atoms with Crippen LogP contribution in [0.15, 0.2) is 18.2 Å². The third-order valence-electron chi connectivity index (χ3n) is 3.74. The first-order chi connectivity index (χ1) is 8.93. The largest absolute Gasteiger partial charge is 0.416 e. The molecular weight excluding hydrogens is 324 g/mol. The molecule has 0 bridgehead atoms. The molecule has 0 radical (unpaired) electrons. The first kappa shape index (κ1) is 20.3. The van der Waals surface area contributed by atoms with Gasteiger partial charge < -0.3 is 10.6 Å². The average Bonchev–Trinajstić information content (AvgIpc) is 2.37. The molecule has 0 spiro atoms. The lowest BCUT2D eigenvalue weighted by Crippen LogP contribution is -2.38. The van der Waals surface area contributed by atoms with Crippen molar-refractivity contribution in [1.29, 1.82) is 0 Å². The molecule has 1 atom stereocenters. The van der Waals surface area contributed by atoms with E-state index in [0.717, 1.165) is 31.1 Å². The highest BCUT2D eigenvalue weighted by molar-refractivity contribution is 5.85. The van der Waals surface area contributed by atoms with E-state index in [2.05, 4.69) is 11.8 Å². The first-order valence-corrected chi connectivity index (χ1v) is 6.60. The minimum absolute atomic E-state index is 0. The first-order valence-electron chi connectivity index (χ1n) is 6.60. The van der Waals surface area contributed by atoms with Gasteiger partial charge in [0, 0.05) is 24.8 Å². The number of piperidine rings is 1. The Balaban J connectivity index is 0.00000200. The van der Waals surface area contributed by atoms with Gasteiger partial charge in [-0.25, -0.2) is 0 Å². The summed E-state index contributed by atoms with van der Waals surface area (Å²) in [6.45, 7) is 3.12. The zero-order chi connectivity index (χ0) is 14.0. The smallest absolute Gasteiger partial charge is 0.369 e. The maximum atomic E-state index is 12.7. The van der Waals surface area contributed by atoms with E-state index in [1.54, 1.807) is 6.07 Å². The summed E-state index contributed by atoms with van der Waals surface area (Å²) in [5.74, 6) is 0. The van der Waals surface area contributed by atoms with Crippen molar-refractivity contribution in [2.45, 2.75) is 44.9 Å². The SMILES string of the molecule is CC1CCCCN1c1ccc(C(F)(F)F)cc1CN.Cl.Cl. The van der Waals surface area contributed by atoms with E-state index < -0.39 is 11.7 Å². The molecular formula is C14H21Cl2F3N2. The summed E-state index contributed by atoms with van der Waals surface area (Å²) in [4.78, 5) is 2.17. The molecule has 1 fully saturated rings. The number of anilines is 1. The predicted octanol–water partition coefficient (Wildman–Crippen LogP) is 4.39. The third-order valence-corrected chi connectivity index (χ3v) is 3.74. The van der Waals surface area contributed by atoms with Crippen molar-refractivity contribution in [3.05, 3.63) is 29.3 Å². The van der Waals surface area contributed by atoms with Crippen molar-refractivity contribution in [1.82, 2.24) is 0 Å². The molecule has 0 saturated carbocycles. The molecule has 1 aliphatic heterocycles. The van der Waals surface area contributed by atoms with Crippen molar-refractivity contribution in [2.75, 3.05) is 11.4 Å². The fourth-order valence-corrected chi connectivity index (χ4v) is 2.66. The van der Waals surface area contributed by atoms with Crippen LogP contribution in [0.4, 0.5) is 18.9 Å². The molecule has 1 saturated heterocycles. The molecule has 0 aromatic heterocycles. The lowest BCUT2D eigenvalue weighted by atomic mass is 10.00. The van der Waals surface area contributed by atoms with Crippen LogP contribution in [0.25, 0.3) is 0 Å². The van der Waals surface area contributed by atoms with Gasteiger partial charge in [-0.15, -0.1) is 24.8 Å². The van der Waals surface area contributed by atoms with Gasteiger partial charge in [-0.05, 0) is 49.9 Å². The van der Waals surface area contributed by atoms with Crippen LogP contribution in [-0.4, -0.2) is 12.6 Å². The molecule has 1 aliphatic rings. The zero-order valence-electron chi connectivity index (χ0n) is 11.8. The second-order valence-electron chi connectivity index (χ2n) is 5.08. The van der Waals surface area contributed by atoms with Crippen molar-refractivity contribution >= 4 is 30.5 Å². The van der Waals surface area contributed by atoms with Gasteiger partial charge in [0.2, 0.25) is 0 Å². The highest BCUT2D eigenvalue weighted by atomic mass is 35.5. The number of rotatable bonds is 2. The van der Waals surface area contributed by atoms with Crippen LogP contribution >= 0.6 is 24.8 Å². The molecule has 7 heteroatoms. The van der Waals surface area contributed by atoms with Gasteiger partial charge in [-0.2, -0.15) is 13.2 Å². The van der Waals surface area contributed by atoms with E-state index in [-0.39, 0.29) is 31.4 Å². The fourth-order valence-electron chi connectivity index (χ4n) is 2.66. The Bertz CT molecular complexity index is 452. The second-order valence-corrected chi connectivity index (χ2v) is 5.08. The van der Waals surface area contributed by atoms with E-state index in [1.807, 2.05) is 0 Å². The molecule has 2 N–H and O–H groups in total. The molecule has 1 heterocycles. The van der Waals surface area contributed by atoms with Crippen LogP contribution in [-0.2, 0) is 12.7 Å². The standard InChI is InChI=1S/C14H19F3N2.2ClH/c1-10-4-2-3-7-19(10)13-6-5-12(14(15,16)17)8-11(13)9-18;;/h5-6,8,10H,2-4,7,9,18H2,1H3;2*1H. The Hall–Kier alpha value is -0.650. The summed E-state index contributed by atoms with van der Waals surface area (Å²) < 4.78 is 38.1. The van der Waals surface area contributed by atoms with Gasteiger partial charge in [0.05, 0.1) is 5.56 Å². The number of halogens is 5. The van der Waals surface area contributed by atoms with Crippen LogP contribution < -0.4 is 10.6 Å². The molecule has 122 valence electrons. The number of alkyl halides is 3. The number of nitrogens with zero attached hydrogens (tertiary/aromatic N) is 1. The summed E-state index contributed by atoms with van der Waals surface area (Å²) in [5, 5.41) is 0. The Labute approximate surface area is 135 Å². The topological polar surface area (TPSA) is 29.3 Å². The monoisotopic (exact) mass is 344 g/mol. The van der Waals surface area contributed by atoms with Gasteiger partial charge in [0.1, 0.15) is 0 Å². The number of hydrogen-bond acceptors (Lipinski definition) is 2. The van der Waals surface area contributed by atoms with E-state index in [9.17, 15) is 13.2 Å². The molecule has 2 nitrogen and oxygen atoms in total. The van der Waals surface area contributed by atoms with Crippen LogP contribution in [0, 0.1) is 0 Å². The molecule has 2 rings (SSSR count). The van der Waals surface area contributed by atoms with Crippen LogP contribution in [0.2, 0.25) is 0 Å². The minimum Gasteiger partial charge on any atom is -0.369 e. The van der Waals surface area contributed by atoms with E-state index in [1.165, 1.54) is 12.5 Å². The van der Waals surface area contributed by atoms with Gasteiger partial charge in [0.25, 0.3) is 0 Å². The maximum absolute atomic E-state index is 12.7. The van der Waals surface area contributed by atoms with Crippen LogP contribution in [0.3, 0.4) is 0 Å². The predicted molar refractivity (Wildman–Crippen MR) is 84.5 cm³/mol. The van der Waals surface area contributed by atoms with Crippen LogP contribution in [0.5, 0.6) is 0 Å². The lowest BCUT2D eigenvalue weighted by Gasteiger charge is -2.36. The fraction of sp³-hybridized carbons (Fsp3) is 0.571. The molecule has 1 unspecified atom stereocenters. The van der Waals surface area contributed by atoms with Crippen molar-refractivity contribution in [3.8, 4) is 0 Å². The Morgan fingerprint density at radius 3 is 2.43 bits per heavy atom. The van der Waals surface area contributed by atoms with E-state index >= 15 is 0 Å². The number of nitrogens with two attached hydrogens (primary N) is 1. The number of benzene rings is 1. The normalized spacial score (nSPS) is 18.7. The Morgan fingerprint density at radius 1 is 1.24 bits per heavy atom. The van der Waals surface area contributed by atoms with Gasteiger partial charge in [-0.1, -0.05) is 0 Å². The summed E-state index contributed by atoms with van der Waals surface area (Å²) >= 11 is 0. The van der Waals surface area contributed by atoms with Gasteiger partial charge in [0.15, 0.2) is 0 Å². The van der Waals surface area contributed by atoms with E-state index in [0.29, 0.717) is 11.6 Å². The summed E-state index contributed by atoms with van der Waals surface area (Å²) in [7, 11) is 0. The zero-order valence-corrected chi connectivity index (χ0v) is 13.5. The van der Waals surface area contributed by atoms with Crippen LogP contribution in [0.1, 0.15) is 37.3 Å². The highest BCUT2D eigenvalue weighted by Gasteiger charge is 2.31. The molecule has 1 aromatic carbocycles. The summed E-state index contributed by atoms with van der Waals surface area (Å²) in [6.07, 6.45) is -0.980. The average molecular weight is 345 g/mol. The molecule has 0 aliphatic carbocycles. The van der Waals surface area contributed by atoms with Crippen molar-refractivity contribution in [2.24, 2.45) is 5.73 Å². The van der Waals surface area contributed by atoms with E-state index in [4.69, 9.17) is 5.73 Å². The second kappa shape index (κ2) is 8.11. The maximum Gasteiger partial charge on any atom is 0.416 e. The molecule has 21 heavy (non-hydrogen) atoms. The summed E-state index contributed by atoms with van der Waals surface area (Å²) in [6, 6.07) is 4.25. The minimum atomic E-state index is -4.31. The van der Waals surface area contributed by atoms with Crippen molar-refractivity contribution in [3.63, 3.8) is 0 Å². The third kappa shape index (κ3) is 4.66. The van der Waals surface area contributed by atoms with Crippen molar-refractivity contribution < 1.29 is 13.2 Å². The lowest BCUT2D eigenvalue weighted by molar-refractivity contribution is -0.137. The number of hydrogen-bond donors (Lipinski definition) is 1. The summed E-state index contributed by atoms with van der Waals surface area (Å²) in [5.41, 5.74) is 6.42. The Kier molecular flexibility index (Phi) is 7.86. The van der Waals surface area contributed by atoms with Gasteiger partial charge >= 0.3 is 6.18 Å². The quantitative estimate of drug-likeness (QED) is 0.862. The molecule has 0 amide bonds. The van der Waals surface area contributed by atoms with Gasteiger partial charge in [-0.3, -0.25) is 0 Å². The molecule has 1 aromatic rings. The highest BCUT2D eigenvalue weighted by Crippen LogP contribution is 2.34. The Morgan fingerprint density at radius 2 is 1.90 bits per heavy atom.